The van der Waals surface area contributed by atoms with Gasteiger partial charge in [-0.1, -0.05) is 6.07 Å². The zero-order chi connectivity index (χ0) is 16.1. The third kappa shape index (κ3) is 3.87. The van der Waals surface area contributed by atoms with Crippen LogP contribution >= 0.6 is 0 Å². The molecule has 0 spiro atoms. The first-order valence-corrected chi connectivity index (χ1v) is 7.45. The molecule has 0 aliphatic rings. The van der Waals surface area contributed by atoms with Crippen molar-refractivity contribution in [3.63, 3.8) is 0 Å². The molecule has 1 N–H and O–H groups in total. The van der Waals surface area contributed by atoms with Crippen LogP contribution in [-0.2, 0) is 18.4 Å². The molecular weight excluding hydrogens is 278 g/mol. The molecule has 0 fully saturated rings. The Morgan fingerprint density at radius 3 is 2.50 bits per heavy atom. The van der Waals surface area contributed by atoms with Gasteiger partial charge in [-0.25, -0.2) is 0 Å². The molecule has 1 heterocycles. The van der Waals surface area contributed by atoms with Crippen LogP contribution in [0, 0.1) is 0 Å². The summed E-state index contributed by atoms with van der Waals surface area (Å²) in [5.74, 6) is 0.859. The molecule has 0 amide bonds. The molecular formula is C17H25N3O2. The highest BCUT2D eigenvalue weighted by atomic mass is 16.5. The molecule has 120 valence electrons. The molecule has 2 aromatic rings. The molecule has 0 saturated heterocycles. The topological polar surface area (TPSA) is 48.3 Å². The van der Waals surface area contributed by atoms with Crippen LogP contribution in [0.2, 0.25) is 0 Å². The van der Waals surface area contributed by atoms with Gasteiger partial charge in [0.25, 0.3) is 0 Å². The monoisotopic (exact) mass is 303 g/mol. The second-order valence-electron chi connectivity index (χ2n) is 5.56. The summed E-state index contributed by atoms with van der Waals surface area (Å²) < 4.78 is 12.4. The summed E-state index contributed by atoms with van der Waals surface area (Å²) in [5, 5.41) is 7.82. The van der Waals surface area contributed by atoms with Gasteiger partial charge in [-0.15, -0.1) is 0 Å². The van der Waals surface area contributed by atoms with Crippen LogP contribution in [0.4, 0.5) is 0 Å². The summed E-state index contributed by atoms with van der Waals surface area (Å²) in [4.78, 5) is 0. The Morgan fingerprint density at radius 2 is 1.91 bits per heavy atom. The van der Waals surface area contributed by atoms with Crippen LogP contribution in [0.1, 0.15) is 42.6 Å². The average molecular weight is 303 g/mol. The first-order chi connectivity index (χ1) is 10.5. The van der Waals surface area contributed by atoms with Crippen molar-refractivity contribution in [1.29, 1.82) is 0 Å². The van der Waals surface area contributed by atoms with E-state index in [1.165, 1.54) is 11.1 Å². The molecule has 5 heteroatoms. The summed E-state index contributed by atoms with van der Waals surface area (Å²) in [7, 11) is 5.30. The molecule has 0 saturated carbocycles. The Hall–Kier alpha value is -1.85. The van der Waals surface area contributed by atoms with Crippen molar-refractivity contribution in [3.05, 3.63) is 47.3 Å². The maximum atomic E-state index is 5.37. The summed E-state index contributed by atoms with van der Waals surface area (Å²) in [6, 6.07) is 6.67. The van der Waals surface area contributed by atoms with E-state index in [0.29, 0.717) is 6.61 Å². The van der Waals surface area contributed by atoms with E-state index in [4.69, 9.17) is 9.47 Å². The van der Waals surface area contributed by atoms with E-state index < -0.39 is 0 Å². The molecule has 0 aliphatic heterocycles. The van der Waals surface area contributed by atoms with Crippen LogP contribution in [-0.4, -0.2) is 24.0 Å². The first-order valence-electron chi connectivity index (χ1n) is 7.45. The van der Waals surface area contributed by atoms with Gasteiger partial charge in [0.15, 0.2) is 0 Å². The Morgan fingerprint density at radius 1 is 1.18 bits per heavy atom. The lowest BCUT2D eigenvalue weighted by molar-refractivity contribution is 0.181. The lowest BCUT2D eigenvalue weighted by atomic mass is 10.0. The maximum absolute atomic E-state index is 5.37. The summed E-state index contributed by atoms with van der Waals surface area (Å²) in [6.45, 7) is 4.85. The van der Waals surface area contributed by atoms with E-state index in [1.807, 2.05) is 30.2 Å². The lowest BCUT2D eigenvalue weighted by Crippen LogP contribution is -2.22. The fourth-order valence-corrected chi connectivity index (χ4v) is 2.57. The van der Waals surface area contributed by atoms with Gasteiger partial charge in [0.2, 0.25) is 0 Å². The van der Waals surface area contributed by atoms with E-state index in [1.54, 1.807) is 14.2 Å². The summed E-state index contributed by atoms with van der Waals surface area (Å²) in [5.41, 5.74) is 3.45. The van der Waals surface area contributed by atoms with Crippen molar-refractivity contribution >= 4 is 0 Å². The average Bonchev–Trinajstić information content (AvgIpc) is 2.94. The zero-order valence-electron chi connectivity index (χ0n) is 14.0. The molecule has 1 aromatic heterocycles. The Kier molecular flexibility index (Phi) is 5.57. The van der Waals surface area contributed by atoms with Crippen LogP contribution < -0.4 is 10.1 Å². The molecule has 2 atom stereocenters. The highest BCUT2D eigenvalue weighted by molar-refractivity contribution is 5.38. The standard InChI is InChI=1S/C17H25N3O2/c1-12(19-13(2)16-9-18-20(3)10-16)14-6-7-17(22-5)15(8-14)11-21-4/h6-10,12-13,19H,11H2,1-5H3. The molecule has 1 aromatic carbocycles. The minimum absolute atomic E-state index is 0.219. The van der Waals surface area contributed by atoms with Gasteiger partial charge in [0, 0.05) is 43.6 Å². The van der Waals surface area contributed by atoms with Crippen molar-refractivity contribution < 1.29 is 9.47 Å². The predicted octanol–water partition coefficient (Wildman–Crippen LogP) is 2.99. The van der Waals surface area contributed by atoms with Crippen molar-refractivity contribution in [3.8, 4) is 5.75 Å². The smallest absolute Gasteiger partial charge is 0.124 e. The van der Waals surface area contributed by atoms with Gasteiger partial charge in [-0.05, 0) is 31.5 Å². The summed E-state index contributed by atoms with van der Waals surface area (Å²) >= 11 is 0. The van der Waals surface area contributed by atoms with Gasteiger partial charge in [0.1, 0.15) is 5.75 Å². The highest BCUT2D eigenvalue weighted by Gasteiger charge is 2.14. The number of nitrogens with one attached hydrogen (secondary N) is 1. The number of hydrogen-bond acceptors (Lipinski definition) is 4. The SMILES string of the molecule is COCc1cc(C(C)NC(C)c2cnn(C)c2)ccc1OC. The van der Waals surface area contributed by atoms with Gasteiger partial charge in [0.05, 0.1) is 19.9 Å². The Balaban J connectivity index is 2.11. The van der Waals surface area contributed by atoms with Crippen molar-refractivity contribution in [2.45, 2.75) is 32.5 Å². The molecule has 2 unspecified atom stereocenters. The fourth-order valence-electron chi connectivity index (χ4n) is 2.57. The predicted molar refractivity (Wildman–Crippen MR) is 86.9 cm³/mol. The third-order valence-electron chi connectivity index (χ3n) is 3.83. The fraction of sp³-hybridized carbons (Fsp3) is 0.471. The number of methoxy groups -OCH3 is 2. The van der Waals surface area contributed by atoms with E-state index >= 15 is 0 Å². The van der Waals surface area contributed by atoms with Gasteiger partial charge in [-0.3, -0.25) is 4.68 Å². The van der Waals surface area contributed by atoms with Gasteiger partial charge < -0.3 is 14.8 Å². The largest absolute Gasteiger partial charge is 0.496 e. The number of hydrogen-bond donors (Lipinski definition) is 1. The van der Waals surface area contributed by atoms with Crippen molar-refractivity contribution in [1.82, 2.24) is 15.1 Å². The van der Waals surface area contributed by atoms with Crippen LogP contribution in [0.25, 0.3) is 0 Å². The molecule has 22 heavy (non-hydrogen) atoms. The summed E-state index contributed by atoms with van der Waals surface area (Å²) in [6.07, 6.45) is 3.93. The number of rotatable bonds is 7. The molecule has 0 radical (unpaired) electrons. The third-order valence-corrected chi connectivity index (χ3v) is 3.83. The molecule has 0 aliphatic carbocycles. The molecule has 5 nitrogen and oxygen atoms in total. The molecule has 2 rings (SSSR count). The van der Waals surface area contributed by atoms with E-state index in [0.717, 1.165) is 11.3 Å². The number of ether oxygens (including phenoxy) is 2. The minimum atomic E-state index is 0.219. The number of aromatic nitrogens is 2. The van der Waals surface area contributed by atoms with Crippen LogP contribution in [0.15, 0.2) is 30.6 Å². The Bertz CT molecular complexity index is 610. The number of nitrogens with zero attached hydrogens (tertiary/aromatic N) is 2. The van der Waals surface area contributed by atoms with Gasteiger partial charge >= 0.3 is 0 Å². The van der Waals surface area contributed by atoms with E-state index in [2.05, 4.69) is 36.4 Å². The quantitative estimate of drug-likeness (QED) is 0.854. The highest BCUT2D eigenvalue weighted by Crippen LogP contribution is 2.25. The zero-order valence-corrected chi connectivity index (χ0v) is 14.0. The lowest BCUT2D eigenvalue weighted by Gasteiger charge is -2.21. The second-order valence-corrected chi connectivity index (χ2v) is 5.56. The maximum Gasteiger partial charge on any atom is 0.124 e. The number of benzene rings is 1. The Labute approximate surface area is 132 Å². The van der Waals surface area contributed by atoms with Crippen LogP contribution in [0.3, 0.4) is 0 Å². The van der Waals surface area contributed by atoms with Crippen molar-refractivity contribution in [2.75, 3.05) is 14.2 Å². The second kappa shape index (κ2) is 7.42. The van der Waals surface area contributed by atoms with Crippen LogP contribution in [0.5, 0.6) is 5.75 Å². The normalized spacial score (nSPS) is 13.9. The number of aryl methyl sites for hydroxylation is 1. The van der Waals surface area contributed by atoms with E-state index in [9.17, 15) is 0 Å². The molecule has 0 bridgehead atoms. The van der Waals surface area contributed by atoms with Gasteiger partial charge in [-0.2, -0.15) is 5.10 Å². The van der Waals surface area contributed by atoms with E-state index in [-0.39, 0.29) is 12.1 Å². The first kappa shape index (κ1) is 16.5. The minimum Gasteiger partial charge on any atom is -0.496 e. The van der Waals surface area contributed by atoms with Crippen molar-refractivity contribution in [2.24, 2.45) is 7.05 Å².